The van der Waals surface area contributed by atoms with Crippen molar-refractivity contribution in [3.8, 4) is 5.75 Å². The van der Waals surface area contributed by atoms with E-state index in [9.17, 15) is 9.59 Å². The molecule has 0 aromatic heterocycles. The van der Waals surface area contributed by atoms with Gasteiger partial charge in [-0.15, -0.1) is 0 Å². The molecule has 0 aliphatic rings. The van der Waals surface area contributed by atoms with Gasteiger partial charge < -0.3 is 15.0 Å². The van der Waals surface area contributed by atoms with Crippen LogP contribution in [0.2, 0.25) is 5.02 Å². The summed E-state index contributed by atoms with van der Waals surface area (Å²) in [4.78, 5) is 26.7. The quantitative estimate of drug-likeness (QED) is 0.559. The third-order valence-corrected chi connectivity index (χ3v) is 4.97. The Morgan fingerprint density at radius 3 is 2.33 bits per heavy atom. The molecule has 30 heavy (non-hydrogen) atoms. The summed E-state index contributed by atoms with van der Waals surface area (Å²) < 4.78 is 5.50. The number of anilines is 2. The molecule has 0 saturated carbocycles. The summed E-state index contributed by atoms with van der Waals surface area (Å²) in [6, 6.07) is 21.6. The van der Waals surface area contributed by atoms with Crippen molar-refractivity contribution < 1.29 is 14.3 Å². The van der Waals surface area contributed by atoms with E-state index < -0.39 is 0 Å². The van der Waals surface area contributed by atoms with E-state index >= 15 is 0 Å². The molecule has 3 aromatic carbocycles. The van der Waals surface area contributed by atoms with E-state index in [0.717, 1.165) is 11.3 Å². The molecule has 2 amide bonds. The highest BCUT2D eigenvalue weighted by molar-refractivity contribution is 6.31. The van der Waals surface area contributed by atoms with E-state index in [2.05, 4.69) is 5.32 Å². The van der Waals surface area contributed by atoms with Crippen LogP contribution in [-0.4, -0.2) is 25.0 Å². The minimum absolute atomic E-state index is 0.0944. The second-order valence-electron chi connectivity index (χ2n) is 6.71. The lowest BCUT2D eigenvalue weighted by Gasteiger charge is -2.21. The molecule has 0 aliphatic heterocycles. The molecule has 0 fully saturated rings. The fourth-order valence-corrected chi connectivity index (χ4v) is 3.07. The first-order chi connectivity index (χ1) is 14.5. The van der Waals surface area contributed by atoms with Crippen molar-refractivity contribution >= 4 is 34.8 Å². The monoisotopic (exact) mass is 422 g/mol. The van der Waals surface area contributed by atoms with Gasteiger partial charge in [-0.05, 0) is 74.0 Å². The van der Waals surface area contributed by atoms with Crippen LogP contribution in [0.15, 0.2) is 72.8 Å². The Bertz CT molecular complexity index is 1020. The number of rotatable bonds is 7. The van der Waals surface area contributed by atoms with Crippen molar-refractivity contribution in [1.82, 2.24) is 0 Å². The second kappa shape index (κ2) is 9.94. The molecule has 0 radical (unpaired) electrons. The predicted octanol–water partition coefficient (Wildman–Crippen LogP) is 5.33. The Morgan fingerprint density at radius 1 is 1.00 bits per heavy atom. The van der Waals surface area contributed by atoms with Crippen LogP contribution in [0.1, 0.15) is 22.8 Å². The minimum Gasteiger partial charge on any atom is -0.484 e. The largest absolute Gasteiger partial charge is 0.484 e. The highest BCUT2D eigenvalue weighted by Gasteiger charge is 2.16. The standard InChI is InChI=1S/C24H23ClN2O3/c1-3-27(20-7-5-4-6-8-20)24(29)18-9-11-19(12-10-18)26-23(28)16-30-21-13-14-22(25)17(2)15-21/h4-15H,3,16H2,1-2H3,(H,26,28). The minimum atomic E-state index is -0.291. The molecule has 3 aromatic rings. The van der Waals surface area contributed by atoms with Crippen LogP contribution in [0, 0.1) is 6.92 Å². The normalized spacial score (nSPS) is 10.4. The van der Waals surface area contributed by atoms with Crippen LogP contribution >= 0.6 is 11.6 Å². The van der Waals surface area contributed by atoms with E-state index in [1.807, 2.05) is 44.2 Å². The molecule has 6 heteroatoms. The zero-order valence-electron chi connectivity index (χ0n) is 16.9. The highest BCUT2D eigenvalue weighted by atomic mass is 35.5. The van der Waals surface area contributed by atoms with Crippen LogP contribution in [-0.2, 0) is 4.79 Å². The maximum absolute atomic E-state index is 12.8. The number of carbonyl (C=O) groups is 2. The zero-order valence-corrected chi connectivity index (χ0v) is 17.6. The summed E-state index contributed by atoms with van der Waals surface area (Å²) in [5.41, 5.74) is 2.87. The fraction of sp³-hybridized carbons (Fsp3) is 0.167. The van der Waals surface area contributed by atoms with E-state index in [4.69, 9.17) is 16.3 Å². The van der Waals surface area contributed by atoms with Gasteiger partial charge in [-0.2, -0.15) is 0 Å². The number of hydrogen-bond acceptors (Lipinski definition) is 3. The lowest BCUT2D eigenvalue weighted by molar-refractivity contribution is -0.118. The Hall–Kier alpha value is -3.31. The number of halogens is 1. The molecule has 154 valence electrons. The third kappa shape index (κ3) is 5.39. The van der Waals surface area contributed by atoms with Crippen molar-refractivity contribution in [2.75, 3.05) is 23.4 Å². The maximum atomic E-state index is 12.8. The summed E-state index contributed by atoms with van der Waals surface area (Å²) in [6.07, 6.45) is 0. The van der Waals surface area contributed by atoms with Gasteiger partial charge in [0.1, 0.15) is 5.75 Å². The average Bonchev–Trinajstić information content (AvgIpc) is 2.76. The van der Waals surface area contributed by atoms with E-state index in [1.54, 1.807) is 47.4 Å². The van der Waals surface area contributed by atoms with E-state index in [-0.39, 0.29) is 18.4 Å². The third-order valence-electron chi connectivity index (χ3n) is 4.54. The number of benzene rings is 3. The van der Waals surface area contributed by atoms with Crippen molar-refractivity contribution in [2.24, 2.45) is 0 Å². The fourth-order valence-electron chi connectivity index (χ4n) is 2.96. The highest BCUT2D eigenvalue weighted by Crippen LogP contribution is 2.21. The van der Waals surface area contributed by atoms with Crippen molar-refractivity contribution in [2.45, 2.75) is 13.8 Å². The number of aryl methyl sites for hydroxylation is 1. The molecular formula is C24H23ClN2O3. The second-order valence-corrected chi connectivity index (χ2v) is 7.12. The zero-order chi connectivity index (χ0) is 21.5. The number of amides is 2. The topological polar surface area (TPSA) is 58.6 Å². The SMILES string of the molecule is CCN(C(=O)c1ccc(NC(=O)COc2ccc(Cl)c(C)c2)cc1)c1ccccc1. The van der Waals surface area contributed by atoms with Gasteiger partial charge in [0.05, 0.1) is 0 Å². The molecule has 0 bridgehead atoms. The van der Waals surface area contributed by atoms with Crippen LogP contribution in [0.3, 0.4) is 0 Å². The summed E-state index contributed by atoms with van der Waals surface area (Å²) in [6.45, 7) is 4.24. The number of carbonyl (C=O) groups excluding carboxylic acids is 2. The summed E-state index contributed by atoms with van der Waals surface area (Å²) in [5, 5.41) is 3.41. The first kappa shape index (κ1) is 21.4. The summed E-state index contributed by atoms with van der Waals surface area (Å²) in [7, 11) is 0. The number of para-hydroxylation sites is 1. The van der Waals surface area contributed by atoms with Crippen LogP contribution < -0.4 is 15.0 Å². The molecule has 5 nitrogen and oxygen atoms in total. The average molecular weight is 423 g/mol. The van der Waals surface area contributed by atoms with Gasteiger partial charge in [0.25, 0.3) is 11.8 Å². The van der Waals surface area contributed by atoms with Gasteiger partial charge in [0.15, 0.2) is 6.61 Å². The van der Waals surface area contributed by atoms with Crippen molar-refractivity contribution in [3.63, 3.8) is 0 Å². The van der Waals surface area contributed by atoms with Gasteiger partial charge in [-0.3, -0.25) is 9.59 Å². The number of ether oxygens (including phenoxy) is 1. The van der Waals surface area contributed by atoms with Crippen LogP contribution in [0.4, 0.5) is 11.4 Å². The van der Waals surface area contributed by atoms with E-state index in [0.29, 0.717) is 28.6 Å². The molecule has 1 N–H and O–H groups in total. The molecule has 3 rings (SSSR count). The molecule has 0 aliphatic carbocycles. The molecule has 0 atom stereocenters. The van der Waals surface area contributed by atoms with Gasteiger partial charge in [-0.1, -0.05) is 29.8 Å². The molecular weight excluding hydrogens is 400 g/mol. The molecule has 0 saturated heterocycles. The van der Waals surface area contributed by atoms with Gasteiger partial charge in [-0.25, -0.2) is 0 Å². The Balaban J connectivity index is 1.58. The van der Waals surface area contributed by atoms with Gasteiger partial charge >= 0.3 is 0 Å². The van der Waals surface area contributed by atoms with Crippen LogP contribution in [0.5, 0.6) is 5.75 Å². The predicted molar refractivity (Wildman–Crippen MR) is 121 cm³/mol. The maximum Gasteiger partial charge on any atom is 0.262 e. The number of nitrogens with zero attached hydrogens (tertiary/aromatic N) is 1. The van der Waals surface area contributed by atoms with Crippen molar-refractivity contribution in [3.05, 3.63) is 88.9 Å². The van der Waals surface area contributed by atoms with Crippen molar-refractivity contribution in [1.29, 1.82) is 0 Å². The lowest BCUT2D eigenvalue weighted by atomic mass is 10.1. The van der Waals surface area contributed by atoms with Gasteiger partial charge in [0, 0.05) is 28.5 Å². The number of nitrogens with one attached hydrogen (secondary N) is 1. The molecule has 0 heterocycles. The smallest absolute Gasteiger partial charge is 0.262 e. The molecule has 0 unspecified atom stereocenters. The summed E-state index contributed by atoms with van der Waals surface area (Å²) in [5.74, 6) is 0.192. The summed E-state index contributed by atoms with van der Waals surface area (Å²) >= 11 is 5.99. The Morgan fingerprint density at radius 2 is 1.70 bits per heavy atom. The Labute approximate surface area is 181 Å². The lowest BCUT2D eigenvalue weighted by Crippen LogP contribution is -2.30. The molecule has 0 spiro atoms. The Kier molecular flexibility index (Phi) is 7.09. The van der Waals surface area contributed by atoms with Crippen LogP contribution in [0.25, 0.3) is 0 Å². The van der Waals surface area contributed by atoms with E-state index in [1.165, 1.54) is 0 Å². The first-order valence-corrected chi connectivity index (χ1v) is 10.0. The first-order valence-electron chi connectivity index (χ1n) is 9.63. The van der Waals surface area contributed by atoms with Gasteiger partial charge in [0.2, 0.25) is 0 Å². The number of hydrogen-bond donors (Lipinski definition) is 1.